The lowest BCUT2D eigenvalue weighted by Gasteiger charge is -2.00. The second kappa shape index (κ2) is 7.48. The van der Waals surface area contributed by atoms with E-state index < -0.39 is 0 Å². The van der Waals surface area contributed by atoms with Gasteiger partial charge in [-0.25, -0.2) is 4.98 Å². The van der Waals surface area contributed by atoms with E-state index in [2.05, 4.69) is 34.2 Å². The fourth-order valence-electron chi connectivity index (χ4n) is 2.10. The van der Waals surface area contributed by atoms with Gasteiger partial charge in [-0.3, -0.25) is 4.79 Å². The monoisotopic (exact) mass is 272 g/mol. The van der Waals surface area contributed by atoms with Gasteiger partial charge in [0.05, 0.1) is 6.61 Å². The first kappa shape index (κ1) is 14.3. The molecule has 0 saturated heterocycles. The standard InChI is InChI=1S/C16H20N2O2/c1-2-20-16(19)11-15-17-12-14(18-15)10-6-9-13-7-4-3-5-8-13/h3-5,7-8,12H,2,6,9-11H2,1H3,(H,17,18). The number of aromatic amines is 1. The molecule has 0 saturated carbocycles. The molecule has 20 heavy (non-hydrogen) atoms. The highest BCUT2D eigenvalue weighted by Crippen LogP contribution is 2.07. The molecule has 1 heterocycles. The average molecular weight is 272 g/mol. The van der Waals surface area contributed by atoms with E-state index in [1.807, 2.05) is 6.07 Å². The quantitative estimate of drug-likeness (QED) is 0.788. The molecular formula is C16H20N2O2. The molecule has 0 bridgehead atoms. The minimum absolute atomic E-state index is 0.215. The van der Waals surface area contributed by atoms with Gasteiger partial charge in [0.15, 0.2) is 0 Å². The summed E-state index contributed by atoms with van der Waals surface area (Å²) in [5, 5.41) is 0. The van der Waals surface area contributed by atoms with Gasteiger partial charge in [-0.05, 0) is 31.7 Å². The Bertz CT molecular complexity index is 534. The number of esters is 1. The highest BCUT2D eigenvalue weighted by Gasteiger charge is 2.07. The SMILES string of the molecule is CCOC(=O)Cc1ncc(CCCc2ccccc2)[nH]1. The molecule has 0 aliphatic rings. The third-order valence-corrected chi connectivity index (χ3v) is 3.05. The van der Waals surface area contributed by atoms with Gasteiger partial charge in [-0.1, -0.05) is 30.3 Å². The Morgan fingerprint density at radius 1 is 1.25 bits per heavy atom. The molecule has 2 aromatic rings. The van der Waals surface area contributed by atoms with Crippen molar-refractivity contribution in [2.75, 3.05) is 6.61 Å². The summed E-state index contributed by atoms with van der Waals surface area (Å²) in [6.45, 7) is 2.21. The van der Waals surface area contributed by atoms with E-state index in [4.69, 9.17) is 4.74 Å². The van der Waals surface area contributed by atoms with Gasteiger partial charge in [-0.15, -0.1) is 0 Å². The normalized spacial score (nSPS) is 10.4. The number of hydrogen-bond acceptors (Lipinski definition) is 3. The number of nitrogens with one attached hydrogen (secondary N) is 1. The van der Waals surface area contributed by atoms with Crippen LogP contribution in [0.3, 0.4) is 0 Å². The van der Waals surface area contributed by atoms with Crippen molar-refractivity contribution >= 4 is 5.97 Å². The number of H-pyrrole nitrogens is 1. The summed E-state index contributed by atoms with van der Waals surface area (Å²) in [6, 6.07) is 10.4. The van der Waals surface area contributed by atoms with Gasteiger partial charge in [0.1, 0.15) is 12.2 Å². The van der Waals surface area contributed by atoms with Crippen molar-refractivity contribution in [3.63, 3.8) is 0 Å². The summed E-state index contributed by atoms with van der Waals surface area (Å²) in [4.78, 5) is 18.7. The van der Waals surface area contributed by atoms with Crippen LogP contribution >= 0.6 is 0 Å². The highest BCUT2D eigenvalue weighted by atomic mass is 16.5. The van der Waals surface area contributed by atoms with Gasteiger partial charge < -0.3 is 9.72 Å². The van der Waals surface area contributed by atoms with Crippen LogP contribution in [0.15, 0.2) is 36.5 Å². The maximum Gasteiger partial charge on any atom is 0.313 e. The van der Waals surface area contributed by atoms with Crippen molar-refractivity contribution in [2.45, 2.75) is 32.6 Å². The lowest BCUT2D eigenvalue weighted by molar-refractivity contribution is -0.142. The molecule has 0 fully saturated rings. The van der Waals surface area contributed by atoms with Crippen molar-refractivity contribution in [2.24, 2.45) is 0 Å². The number of aromatic nitrogens is 2. The highest BCUT2D eigenvalue weighted by molar-refractivity contribution is 5.71. The first-order valence-electron chi connectivity index (χ1n) is 7.00. The Morgan fingerprint density at radius 2 is 2.05 bits per heavy atom. The van der Waals surface area contributed by atoms with Crippen molar-refractivity contribution in [1.82, 2.24) is 9.97 Å². The fourth-order valence-corrected chi connectivity index (χ4v) is 2.10. The zero-order valence-electron chi connectivity index (χ0n) is 11.8. The van der Waals surface area contributed by atoms with Gasteiger partial charge >= 0.3 is 5.97 Å². The lowest BCUT2D eigenvalue weighted by atomic mass is 10.1. The number of carbonyl (C=O) groups is 1. The van der Waals surface area contributed by atoms with Crippen LogP contribution in [0.4, 0.5) is 0 Å². The summed E-state index contributed by atoms with van der Waals surface area (Å²) in [5.41, 5.74) is 2.42. The molecule has 0 radical (unpaired) electrons. The predicted molar refractivity (Wildman–Crippen MR) is 77.4 cm³/mol. The molecule has 0 aliphatic carbocycles. The summed E-state index contributed by atoms with van der Waals surface area (Å²) >= 11 is 0. The molecule has 106 valence electrons. The van der Waals surface area contributed by atoms with Crippen LogP contribution in [0.1, 0.15) is 30.4 Å². The number of hydrogen-bond donors (Lipinski definition) is 1. The van der Waals surface area contributed by atoms with Crippen LogP contribution in [0.5, 0.6) is 0 Å². The zero-order chi connectivity index (χ0) is 14.2. The van der Waals surface area contributed by atoms with E-state index in [1.165, 1.54) is 5.56 Å². The van der Waals surface area contributed by atoms with Gasteiger partial charge in [0, 0.05) is 11.9 Å². The number of rotatable bonds is 7. The smallest absolute Gasteiger partial charge is 0.313 e. The molecule has 0 aliphatic heterocycles. The van der Waals surface area contributed by atoms with Crippen LogP contribution in [0.2, 0.25) is 0 Å². The minimum atomic E-state index is -0.238. The number of aryl methyl sites for hydroxylation is 2. The number of ether oxygens (including phenoxy) is 1. The molecule has 4 nitrogen and oxygen atoms in total. The Labute approximate surface area is 119 Å². The minimum Gasteiger partial charge on any atom is -0.466 e. The Kier molecular flexibility index (Phi) is 5.35. The first-order chi connectivity index (χ1) is 9.78. The summed E-state index contributed by atoms with van der Waals surface area (Å²) in [5.74, 6) is 0.441. The van der Waals surface area contributed by atoms with Crippen LogP contribution in [0.25, 0.3) is 0 Å². The predicted octanol–water partition coefficient (Wildman–Crippen LogP) is 2.69. The fraction of sp³-hybridized carbons (Fsp3) is 0.375. The second-order valence-corrected chi connectivity index (χ2v) is 4.68. The van der Waals surface area contributed by atoms with E-state index in [9.17, 15) is 4.79 Å². The Balaban J connectivity index is 1.77. The molecular weight excluding hydrogens is 252 g/mol. The third-order valence-electron chi connectivity index (χ3n) is 3.05. The van der Waals surface area contributed by atoms with Crippen molar-refractivity contribution in [1.29, 1.82) is 0 Å². The van der Waals surface area contributed by atoms with Crippen molar-refractivity contribution < 1.29 is 9.53 Å². The van der Waals surface area contributed by atoms with E-state index in [0.29, 0.717) is 12.4 Å². The van der Waals surface area contributed by atoms with E-state index in [1.54, 1.807) is 13.1 Å². The molecule has 1 aromatic heterocycles. The van der Waals surface area contributed by atoms with E-state index in [0.717, 1.165) is 25.0 Å². The van der Waals surface area contributed by atoms with Crippen LogP contribution in [0, 0.1) is 0 Å². The number of benzene rings is 1. The summed E-state index contributed by atoms with van der Waals surface area (Å²) in [6.07, 6.45) is 5.06. The summed E-state index contributed by atoms with van der Waals surface area (Å²) in [7, 11) is 0. The molecule has 0 amide bonds. The molecule has 0 atom stereocenters. The van der Waals surface area contributed by atoms with E-state index in [-0.39, 0.29) is 12.4 Å². The summed E-state index contributed by atoms with van der Waals surface area (Å²) < 4.78 is 4.90. The maximum absolute atomic E-state index is 11.3. The van der Waals surface area contributed by atoms with Gasteiger partial charge in [-0.2, -0.15) is 0 Å². The topological polar surface area (TPSA) is 55.0 Å². The molecule has 2 rings (SSSR count). The third kappa shape index (κ3) is 4.53. The van der Waals surface area contributed by atoms with Crippen LogP contribution in [-0.4, -0.2) is 22.5 Å². The van der Waals surface area contributed by atoms with Crippen LogP contribution < -0.4 is 0 Å². The maximum atomic E-state index is 11.3. The molecule has 0 spiro atoms. The Morgan fingerprint density at radius 3 is 2.80 bits per heavy atom. The van der Waals surface area contributed by atoms with Crippen molar-refractivity contribution in [3.8, 4) is 0 Å². The number of nitrogens with zero attached hydrogens (tertiary/aromatic N) is 1. The average Bonchev–Trinajstić information content (AvgIpc) is 2.88. The van der Waals surface area contributed by atoms with Crippen LogP contribution in [-0.2, 0) is 28.8 Å². The molecule has 4 heteroatoms. The van der Waals surface area contributed by atoms with Gasteiger partial charge in [0.25, 0.3) is 0 Å². The largest absolute Gasteiger partial charge is 0.466 e. The van der Waals surface area contributed by atoms with Crippen molar-refractivity contribution in [3.05, 3.63) is 53.6 Å². The van der Waals surface area contributed by atoms with Gasteiger partial charge in [0.2, 0.25) is 0 Å². The molecule has 1 aromatic carbocycles. The zero-order valence-corrected chi connectivity index (χ0v) is 11.8. The number of carbonyl (C=O) groups excluding carboxylic acids is 1. The first-order valence-corrected chi connectivity index (χ1v) is 7.00. The van der Waals surface area contributed by atoms with E-state index >= 15 is 0 Å². The molecule has 1 N–H and O–H groups in total. The lowest BCUT2D eigenvalue weighted by Crippen LogP contribution is -2.08. The second-order valence-electron chi connectivity index (χ2n) is 4.68. The Hall–Kier alpha value is -2.10. The molecule has 0 unspecified atom stereocenters. The number of imidazole rings is 1.